The van der Waals surface area contributed by atoms with Crippen LogP contribution in [0.3, 0.4) is 0 Å². The van der Waals surface area contributed by atoms with Crippen LogP contribution >= 0.6 is 0 Å². The Labute approximate surface area is 116 Å². The molecule has 106 valence electrons. The molecule has 1 heterocycles. The lowest BCUT2D eigenvalue weighted by Gasteiger charge is -2.22. The van der Waals surface area contributed by atoms with Crippen LogP contribution < -0.4 is 10.2 Å². The average molecular weight is 262 g/mol. The van der Waals surface area contributed by atoms with E-state index < -0.39 is 5.60 Å². The summed E-state index contributed by atoms with van der Waals surface area (Å²) in [6.07, 6.45) is 1.95. The lowest BCUT2D eigenvalue weighted by molar-refractivity contribution is 0.0839. The van der Waals surface area contributed by atoms with Gasteiger partial charge in [-0.2, -0.15) is 0 Å². The number of rotatable bonds is 5. The SMILES string of the molecule is CCNC(CC)c1ccc(N2CCC(C)(O)C2)cc1. The topological polar surface area (TPSA) is 35.5 Å². The first-order chi connectivity index (χ1) is 9.05. The molecule has 19 heavy (non-hydrogen) atoms. The minimum atomic E-state index is -0.533. The molecule has 0 bridgehead atoms. The van der Waals surface area contributed by atoms with Crippen molar-refractivity contribution in [1.29, 1.82) is 0 Å². The second-order valence-corrected chi connectivity index (χ2v) is 5.78. The van der Waals surface area contributed by atoms with Crippen LogP contribution in [-0.2, 0) is 0 Å². The maximum Gasteiger partial charge on any atom is 0.0810 e. The van der Waals surface area contributed by atoms with Crippen LogP contribution in [0.2, 0.25) is 0 Å². The van der Waals surface area contributed by atoms with Gasteiger partial charge in [0.05, 0.1) is 5.60 Å². The zero-order valence-electron chi connectivity index (χ0n) is 12.3. The van der Waals surface area contributed by atoms with Gasteiger partial charge in [-0.3, -0.25) is 0 Å². The summed E-state index contributed by atoms with van der Waals surface area (Å²) in [6.45, 7) is 8.94. The second kappa shape index (κ2) is 5.93. The zero-order valence-corrected chi connectivity index (χ0v) is 12.3. The third-order valence-electron chi connectivity index (χ3n) is 3.97. The van der Waals surface area contributed by atoms with Gasteiger partial charge in [-0.15, -0.1) is 0 Å². The molecule has 1 fully saturated rings. The van der Waals surface area contributed by atoms with Crippen molar-refractivity contribution in [2.24, 2.45) is 0 Å². The minimum Gasteiger partial charge on any atom is -0.388 e. The van der Waals surface area contributed by atoms with E-state index in [1.54, 1.807) is 0 Å². The van der Waals surface area contributed by atoms with E-state index in [1.807, 2.05) is 6.92 Å². The van der Waals surface area contributed by atoms with E-state index in [9.17, 15) is 5.11 Å². The van der Waals surface area contributed by atoms with Gasteiger partial charge in [0.15, 0.2) is 0 Å². The van der Waals surface area contributed by atoms with Gasteiger partial charge >= 0.3 is 0 Å². The average Bonchev–Trinajstić information content (AvgIpc) is 2.77. The van der Waals surface area contributed by atoms with Crippen LogP contribution in [0.5, 0.6) is 0 Å². The lowest BCUT2D eigenvalue weighted by atomic mass is 10.0. The Kier molecular flexibility index (Phi) is 4.48. The van der Waals surface area contributed by atoms with Crippen LogP contribution in [0.15, 0.2) is 24.3 Å². The molecule has 0 aromatic heterocycles. The maximum absolute atomic E-state index is 10.0. The van der Waals surface area contributed by atoms with Gasteiger partial charge in [0.2, 0.25) is 0 Å². The fraction of sp³-hybridized carbons (Fsp3) is 0.625. The molecule has 2 N–H and O–H groups in total. The summed E-state index contributed by atoms with van der Waals surface area (Å²) in [5, 5.41) is 13.5. The van der Waals surface area contributed by atoms with Crippen molar-refractivity contribution >= 4 is 5.69 Å². The summed E-state index contributed by atoms with van der Waals surface area (Å²) >= 11 is 0. The molecule has 3 heteroatoms. The first kappa shape index (κ1) is 14.4. The molecule has 0 radical (unpaired) electrons. The van der Waals surface area contributed by atoms with E-state index in [4.69, 9.17) is 0 Å². The maximum atomic E-state index is 10.0. The first-order valence-electron chi connectivity index (χ1n) is 7.36. The summed E-state index contributed by atoms with van der Waals surface area (Å²) in [5.41, 5.74) is 2.03. The largest absolute Gasteiger partial charge is 0.388 e. The predicted molar refractivity (Wildman–Crippen MR) is 80.6 cm³/mol. The Morgan fingerprint density at radius 3 is 2.47 bits per heavy atom. The molecule has 2 atom stereocenters. The summed E-state index contributed by atoms with van der Waals surface area (Å²) in [6, 6.07) is 9.21. The molecule has 1 aliphatic rings. The van der Waals surface area contributed by atoms with Crippen molar-refractivity contribution in [2.75, 3.05) is 24.5 Å². The van der Waals surface area contributed by atoms with Crippen molar-refractivity contribution in [3.63, 3.8) is 0 Å². The number of anilines is 1. The number of nitrogens with one attached hydrogen (secondary N) is 1. The Morgan fingerprint density at radius 2 is 2.00 bits per heavy atom. The highest BCUT2D eigenvalue weighted by Crippen LogP contribution is 2.27. The van der Waals surface area contributed by atoms with Crippen LogP contribution in [0.1, 0.15) is 45.2 Å². The van der Waals surface area contributed by atoms with Gasteiger partial charge in [0.1, 0.15) is 0 Å². The standard InChI is InChI=1S/C16H26N2O/c1-4-15(17-5-2)13-6-8-14(9-7-13)18-11-10-16(3,19)12-18/h6-9,15,17,19H,4-5,10-12H2,1-3H3. The minimum absolute atomic E-state index is 0.445. The van der Waals surface area contributed by atoms with Crippen molar-refractivity contribution in [1.82, 2.24) is 5.32 Å². The molecular formula is C16H26N2O. The summed E-state index contributed by atoms with van der Waals surface area (Å²) in [7, 11) is 0. The number of benzene rings is 1. The lowest BCUT2D eigenvalue weighted by Crippen LogP contribution is -2.29. The number of aliphatic hydroxyl groups is 1. The van der Waals surface area contributed by atoms with Gasteiger partial charge < -0.3 is 15.3 Å². The molecule has 1 aliphatic heterocycles. The Hall–Kier alpha value is -1.06. The van der Waals surface area contributed by atoms with E-state index >= 15 is 0 Å². The number of β-amino-alcohol motifs (C(OH)–C–C–N with tert-alkyl or cyclic N) is 1. The van der Waals surface area contributed by atoms with Crippen molar-refractivity contribution < 1.29 is 5.11 Å². The fourth-order valence-electron chi connectivity index (χ4n) is 2.83. The molecule has 1 aromatic rings. The van der Waals surface area contributed by atoms with E-state index in [-0.39, 0.29) is 0 Å². The Bertz CT molecular complexity index is 400. The summed E-state index contributed by atoms with van der Waals surface area (Å²) in [5.74, 6) is 0. The molecule has 0 saturated carbocycles. The van der Waals surface area contributed by atoms with Gasteiger partial charge in [-0.25, -0.2) is 0 Å². The first-order valence-corrected chi connectivity index (χ1v) is 7.36. The van der Waals surface area contributed by atoms with Crippen LogP contribution in [0.25, 0.3) is 0 Å². The third-order valence-corrected chi connectivity index (χ3v) is 3.97. The highest BCUT2D eigenvalue weighted by Gasteiger charge is 2.31. The number of nitrogens with zero attached hydrogens (tertiary/aromatic N) is 1. The van der Waals surface area contributed by atoms with E-state index in [2.05, 4.69) is 48.3 Å². The van der Waals surface area contributed by atoms with Crippen LogP contribution in [0, 0.1) is 0 Å². The van der Waals surface area contributed by atoms with Gasteiger partial charge in [0, 0.05) is 24.8 Å². The highest BCUT2D eigenvalue weighted by atomic mass is 16.3. The highest BCUT2D eigenvalue weighted by molar-refractivity contribution is 5.49. The van der Waals surface area contributed by atoms with Crippen molar-refractivity contribution in [2.45, 2.75) is 45.3 Å². The Morgan fingerprint density at radius 1 is 1.32 bits per heavy atom. The molecule has 2 unspecified atom stereocenters. The quantitative estimate of drug-likeness (QED) is 0.856. The molecule has 3 nitrogen and oxygen atoms in total. The summed E-state index contributed by atoms with van der Waals surface area (Å²) in [4.78, 5) is 2.26. The molecule has 1 aromatic carbocycles. The molecule has 1 saturated heterocycles. The third kappa shape index (κ3) is 3.48. The van der Waals surface area contributed by atoms with Crippen LogP contribution in [-0.4, -0.2) is 30.3 Å². The van der Waals surface area contributed by atoms with Crippen molar-refractivity contribution in [3.8, 4) is 0 Å². The number of hydrogen-bond donors (Lipinski definition) is 2. The van der Waals surface area contributed by atoms with Crippen LogP contribution in [0.4, 0.5) is 5.69 Å². The fourth-order valence-corrected chi connectivity index (χ4v) is 2.83. The molecular weight excluding hydrogens is 236 g/mol. The van der Waals surface area contributed by atoms with Gasteiger partial charge in [0.25, 0.3) is 0 Å². The summed E-state index contributed by atoms with van der Waals surface area (Å²) < 4.78 is 0. The van der Waals surface area contributed by atoms with E-state index in [1.165, 1.54) is 11.3 Å². The number of hydrogen-bond acceptors (Lipinski definition) is 3. The monoisotopic (exact) mass is 262 g/mol. The van der Waals surface area contributed by atoms with Gasteiger partial charge in [-0.1, -0.05) is 26.0 Å². The molecule has 2 rings (SSSR count). The van der Waals surface area contributed by atoms with Crippen molar-refractivity contribution in [3.05, 3.63) is 29.8 Å². The molecule has 0 amide bonds. The Balaban J connectivity index is 2.06. The zero-order chi connectivity index (χ0) is 13.9. The molecule has 0 spiro atoms. The van der Waals surface area contributed by atoms with E-state index in [0.717, 1.165) is 32.5 Å². The smallest absolute Gasteiger partial charge is 0.0810 e. The van der Waals surface area contributed by atoms with Gasteiger partial charge in [-0.05, 0) is 44.0 Å². The normalized spacial score (nSPS) is 24.7. The van der Waals surface area contributed by atoms with E-state index in [0.29, 0.717) is 6.04 Å². The predicted octanol–water partition coefficient (Wildman–Crippen LogP) is 2.71. The second-order valence-electron chi connectivity index (χ2n) is 5.78. The molecule has 0 aliphatic carbocycles.